The first-order chi connectivity index (χ1) is 9.28. The van der Waals surface area contributed by atoms with Crippen LogP contribution in [0.5, 0.6) is 5.75 Å². The second kappa shape index (κ2) is 6.92. The van der Waals surface area contributed by atoms with E-state index in [0.717, 1.165) is 6.42 Å². The van der Waals surface area contributed by atoms with Crippen molar-refractivity contribution < 1.29 is 13.5 Å². The predicted molar refractivity (Wildman–Crippen MR) is 80.1 cm³/mol. The van der Waals surface area contributed by atoms with Crippen LogP contribution < -0.4 is 5.73 Å². The van der Waals surface area contributed by atoms with E-state index in [4.69, 9.17) is 5.73 Å². The van der Waals surface area contributed by atoms with Gasteiger partial charge in [0.1, 0.15) is 5.75 Å². The molecule has 0 aromatic heterocycles. The van der Waals surface area contributed by atoms with Gasteiger partial charge in [-0.1, -0.05) is 6.92 Å². The number of hydrogen-bond acceptors (Lipinski definition) is 5. The predicted octanol–water partition coefficient (Wildman–Crippen LogP) is 0.937. The van der Waals surface area contributed by atoms with E-state index in [-0.39, 0.29) is 16.3 Å². The summed E-state index contributed by atoms with van der Waals surface area (Å²) in [5, 5.41) is 9.39. The first kappa shape index (κ1) is 16.7. The van der Waals surface area contributed by atoms with E-state index in [1.165, 1.54) is 22.5 Å². The quantitative estimate of drug-likeness (QED) is 0.578. The molecule has 0 aliphatic carbocycles. The molecule has 1 aromatic rings. The highest BCUT2D eigenvalue weighted by atomic mass is 32.2. The summed E-state index contributed by atoms with van der Waals surface area (Å²) in [6, 6.07) is 3.97. The maximum Gasteiger partial charge on any atom is 0.243 e. The minimum absolute atomic E-state index is 0.0649. The molecule has 0 amide bonds. The molecule has 0 heterocycles. The van der Waals surface area contributed by atoms with Crippen molar-refractivity contribution in [2.75, 3.05) is 39.5 Å². The maximum atomic E-state index is 12.6. The van der Waals surface area contributed by atoms with Crippen molar-refractivity contribution in [1.82, 2.24) is 9.21 Å². The van der Waals surface area contributed by atoms with Crippen molar-refractivity contribution in [1.29, 1.82) is 0 Å². The molecule has 0 aliphatic heterocycles. The van der Waals surface area contributed by atoms with Crippen molar-refractivity contribution in [3.63, 3.8) is 0 Å². The summed E-state index contributed by atoms with van der Waals surface area (Å²) in [7, 11) is 0.214. The molecule has 1 rings (SSSR count). The summed E-state index contributed by atoms with van der Waals surface area (Å²) in [6.45, 7) is 3.46. The second-order valence-corrected chi connectivity index (χ2v) is 6.87. The van der Waals surface area contributed by atoms with Gasteiger partial charge < -0.3 is 15.7 Å². The third kappa shape index (κ3) is 4.09. The van der Waals surface area contributed by atoms with E-state index in [1.807, 2.05) is 25.9 Å². The topological polar surface area (TPSA) is 86.9 Å². The van der Waals surface area contributed by atoms with Gasteiger partial charge in [-0.2, -0.15) is 4.31 Å². The fraction of sp³-hybridized carbons (Fsp3) is 0.538. The third-order valence-corrected chi connectivity index (χ3v) is 4.80. The SMILES string of the molecule is CCCN(CCN(C)C)S(=O)(=O)c1ccc(O)c(N)c1. The van der Waals surface area contributed by atoms with Gasteiger partial charge >= 0.3 is 0 Å². The van der Waals surface area contributed by atoms with Crippen LogP contribution in [0.4, 0.5) is 5.69 Å². The van der Waals surface area contributed by atoms with Crippen LogP contribution in [-0.4, -0.2) is 56.5 Å². The Morgan fingerprint density at radius 3 is 2.35 bits per heavy atom. The van der Waals surface area contributed by atoms with Crippen molar-refractivity contribution >= 4 is 15.7 Å². The molecule has 0 radical (unpaired) electrons. The minimum atomic E-state index is -3.58. The number of phenolic OH excluding ortho intramolecular Hbond substituents is 1. The van der Waals surface area contributed by atoms with E-state index in [9.17, 15) is 13.5 Å². The third-order valence-electron chi connectivity index (χ3n) is 2.91. The molecule has 0 saturated carbocycles. The van der Waals surface area contributed by atoms with E-state index >= 15 is 0 Å². The molecule has 0 fully saturated rings. The molecule has 0 atom stereocenters. The standard InChI is InChI=1S/C13H23N3O3S/c1-4-7-16(9-8-15(2)3)20(18,19)11-5-6-13(17)12(14)10-11/h5-6,10,17H,4,7-9,14H2,1-3H3. The molecule has 0 spiro atoms. The number of likely N-dealkylation sites (N-methyl/N-ethyl adjacent to an activating group) is 1. The lowest BCUT2D eigenvalue weighted by Gasteiger charge is -2.23. The first-order valence-electron chi connectivity index (χ1n) is 6.52. The number of nitrogens with zero attached hydrogens (tertiary/aromatic N) is 2. The molecule has 114 valence electrons. The van der Waals surface area contributed by atoms with E-state index in [0.29, 0.717) is 19.6 Å². The van der Waals surface area contributed by atoms with Gasteiger partial charge in [0.05, 0.1) is 10.6 Å². The number of nitrogen functional groups attached to an aromatic ring is 1. The number of anilines is 1. The minimum Gasteiger partial charge on any atom is -0.506 e. The zero-order chi connectivity index (χ0) is 15.3. The van der Waals surface area contributed by atoms with Gasteiger partial charge in [-0.25, -0.2) is 8.42 Å². The van der Waals surface area contributed by atoms with Crippen molar-refractivity contribution in [3.05, 3.63) is 18.2 Å². The van der Waals surface area contributed by atoms with Crippen LogP contribution in [0.15, 0.2) is 23.1 Å². The Balaban J connectivity index is 3.05. The lowest BCUT2D eigenvalue weighted by molar-refractivity contribution is 0.333. The molecule has 20 heavy (non-hydrogen) atoms. The van der Waals surface area contributed by atoms with Crippen LogP contribution in [-0.2, 0) is 10.0 Å². The number of benzene rings is 1. The van der Waals surface area contributed by atoms with E-state index < -0.39 is 10.0 Å². The molecular weight excluding hydrogens is 278 g/mol. The lowest BCUT2D eigenvalue weighted by Crippen LogP contribution is -2.37. The first-order valence-corrected chi connectivity index (χ1v) is 7.96. The Hall–Kier alpha value is -1.31. The molecule has 1 aromatic carbocycles. The normalized spacial score (nSPS) is 12.2. The zero-order valence-electron chi connectivity index (χ0n) is 12.2. The molecule has 7 heteroatoms. The van der Waals surface area contributed by atoms with Gasteiger partial charge in [-0.05, 0) is 38.7 Å². The van der Waals surface area contributed by atoms with Gasteiger partial charge in [-0.15, -0.1) is 0 Å². The molecule has 0 unspecified atom stereocenters. The highest BCUT2D eigenvalue weighted by Crippen LogP contribution is 2.25. The Bertz CT molecular complexity index is 544. The summed E-state index contributed by atoms with van der Waals surface area (Å²) in [6.07, 6.45) is 0.736. The van der Waals surface area contributed by atoms with Crippen LogP contribution >= 0.6 is 0 Å². The highest BCUT2D eigenvalue weighted by Gasteiger charge is 2.24. The molecule has 3 N–H and O–H groups in total. The van der Waals surface area contributed by atoms with Gasteiger partial charge in [0.25, 0.3) is 0 Å². The number of phenols is 1. The number of sulfonamides is 1. The van der Waals surface area contributed by atoms with Crippen LogP contribution in [0, 0.1) is 0 Å². The number of rotatable bonds is 7. The average molecular weight is 301 g/mol. The Morgan fingerprint density at radius 1 is 1.20 bits per heavy atom. The van der Waals surface area contributed by atoms with Gasteiger partial charge in [0, 0.05) is 19.6 Å². The number of hydrogen-bond donors (Lipinski definition) is 2. The molecule has 0 saturated heterocycles. The summed E-state index contributed by atoms with van der Waals surface area (Å²) >= 11 is 0. The van der Waals surface area contributed by atoms with E-state index in [1.54, 1.807) is 0 Å². The molecule has 0 bridgehead atoms. The molecule has 0 aliphatic rings. The largest absolute Gasteiger partial charge is 0.506 e. The summed E-state index contributed by atoms with van der Waals surface area (Å²) < 4.78 is 26.6. The Morgan fingerprint density at radius 2 is 1.85 bits per heavy atom. The maximum absolute atomic E-state index is 12.6. The Kier molecular flexibility index (Phi) is 5.79. The number of aromatic hydroxyl groups is 1. The van der Waals surface area contributed by atoms with Gasteiger partial charge in [0.15, 0.2) is 0 Å². The van der Waals surface area contributed by atoms with Gasteiger partial charge in [-0.3, -0.25) is 0 Å². The van der Waals surface area contributed by atoms with Crippen LogP contribution in [0.2, 0.25) is 0 Å². The summed E-state index contributed by atoms with van der Waals surface area (Å²) in [5.74, 6) is -0.112. The van der Waals surface area contributed by atoms with Crippen molar-refractivity contribution in [2.24, 2.45) is 0 Å². The second-order valence-electron chi connectivity index (χ2n) is 4.93. The lowest BCUT2D eigenvalue weighted by atomic mass is 10.3. The molecule has 6 nitrogen and oxygen atoms in total. The smallest absolute Gasteiger partial charge is 0.243 e. The van der Waals surface area contributed by atoms with Gasteiger partial charge in [0.2, 0.25) is 10.0 Å². The summed E-state index contributed by atoms with van der Waals surface area (Å²) in [5.41, 5.74) is 5.64. The zero-order valence-corrected chi connectivity index (χ0v) is 13.0. The Labute approximate surface area is 120 Å². The van der Waals surface area contributed by atoms with Crippen molar-refractivity contribution in [3.8, 4) is 5.75 Å². The monoisotopic (exact) mass is 301 g/mol. The van der Waals surface area contributed by atoms with Crippen LogP contribution in [0.3, 0.4) is 0 Å². The van der Waals surface area contributed by atoms with Crippen LogP contribution in [0.1, 0.15) is 13.3 Å². The fourth-order valence-corrected chi connectivity index (χ4v) is 3.31. The van der Waals surface area contributed by atoms with Crippen LogP contribution in [0.25, 0.3) is 0 Å². The van der Waals surface area contributed by atoms with E-state index in [2.05, 4.69) is 0 Å². The average Bonchev–Trinajstić information content (AvgIpc) is 2.37. The highest BCUT2D eigenvalue weighted by molar-refractivity contribution is 7.89. The molecular formula is C13H23N3O3S. The van der Waals surface area contributed by atoms with Crippen molar-refractivity contribution in [2.45, 2.75) is 18.2 Å². The fourth-order valence-electron chi connectivity index (χ4n) is 1.76. The number of nitrogens with two attached hydrogens (primary N) is 1. The summed E-state index contributed by atoms with van der Waals surface area (Å²) in [4.78, 5) is 2.05.